The quantitative estimate of drug-likeness (QED) is 0.304. The van der Waals surface area contributed by atoms with Crippen molar-refractivity contribution < 1.29 is 0 Å². The van der Waals surface area contributed by atoms with E-state index in [0.29, 0.717) is 0 Å². The molecule has 0 aromatic heterocycles. The molecule has 29 heavy (non-hydrogen) atoms. The Bertz CT molecular complexity index is 1530. The minimum atomic E-state index is 1.11. The number of benzene rings is 6. The van der Waals surface area contributed by atoms with Gasteiger partial charge in [0.2, 0.25) is 0 Å². The van der Waals surface area contributed by atoms with Gasteiger partial charge in [0.15, 0.2) is 0 Å². The van der Waals surface area contributed by atoms with Gasteiger partial charge >= 0.3 is 0 Å². The lowest BCUT2D eigenvalue weighted by Crippen LogP contribution is -1.92. The SMILES string of the molecule is c1ccc2c(c1)ccc1ccc(Nc3cccc4ccc5ccccc5c34)cc12. The molecule has 0 fully saturated rings. The Morgan fingerprint density at radius 1 is 0.414 bits per heavy atom. The normalized spacial score (nSPS) is 11.4. The Balaban J connectivity index is 1.56. The van der Waals surface area contributed by atoms with Crippen LogP contribution in [0.3, 0.4) is 0 Å². The minimum absolute atomic E-state index is 1.11. The van der Waals surface area contributed by atoms with E-state index in [-0.39, 0.29) is 0 Å². The van der Waals surface area contributed by atoms with Crippen LogP contribution in [0.4, 0.5) is 11.4 Å². The molecule has 0 saturated carbocycles. The highest BCUT2D eigenvalue weighted by Gasteiger charge is 2.07. The van der Waals surface area contributed by atoms with Crippen LogP contribution in [0.1, 0.15) is 0 Å². The first-order valence-electron chi connectivity index (χ1n) is 9.96. The van der Waals surface area contributed by atoms with Crippen LogP contribution in [-0.2, 0) is 0 Å². The van der Waals surface area contributed by atoms with E-state index in [2.05, 4.69) is 115 Å². The third kappa shape index (κ3) is 2.63. The summed E-state index contributed by atoms with van der Waals surface area (Å²) < 4.78 is 0. The maximum absolute atomic E-state index is 3.70. The van der Waals surface area contributed by atoms with Crippen molar-refractivity contribution in [2.45, 2.75) is 0 Å². The lowest BCUT2D eigenvalue weighted by Gasteiger charge is -2.13. The highest BCUT2D eigenvalue weighted by molar-refractivity contribution is 6.14. The first-order valence-corrected chi connectivity index (χ1v) is 9.96. The molecule has 1 heteroatoms. The highest BCUT2D eigenvalue weighted by Crippen LogP contribution is 2.34. The van der Waals surface area contributed by atoms with Gasteiger partial charge in [-0.15, -0.1) is 0 Å². The molecular weight excluding hydrogens is 350 g/mol. The predicted molar refractivity (Wildman–Crippen MR) is 126 cm³/mol. The standard InChI is InChI=1S/C28H19N/c1-3-9-24-19(6-1)12-13-21-16-17-23(18-26(21)24)29-27-11-5-8-22-15-14-20-7-2-4-10-25(20)28(22)27/h1-18,29H. The fourth-order valence-electron chi connectivity index (χ4n) is 4.40. The van der Waals surface area contributed by atoms with Crippen LogP contribution >= 0.6 is 0 Å². The summed E-state index contributed by atoms with van der Waals surface area (Å²) in [4.78, 5) is 0. The number of fused-ring (bicyclic) bond motifs is 6. The maximum atomic E-state index is 3.70. The molecule has 0 aliphatic heterocycles. The average molecular weight is 369 g/mol. The number of nitrogens with one attached hydrogen (secondary N) is 1. The maximum Gasteiger partial charge on any atom is 0.0470 e. The first kappa shape index (κ1) is 16.1. The lowest BCUT2D eigenvalue weighted by atomic mass is 9.99. The monoisotopic (exact) mass is 369 g/mol. The fourth-order valence-corrected chi connectivity index (χ4v) is 4.40. The van der Waals surface area contributed by atoms with Crippen molar-refractivity contribution in [2.24, 2.45) is 0 Å². The van der Waals surface area contributed by atoms with E-state index in [1.807, 2.05) is 0 Å². The molecule has 0 saturated heterocycles. The van der Waals surface area contributed by atoms with Gasteiger partial charge in [-0.3, -0.25) is 0 Å². The molecule has 0 spiro atoms. The van der Waals surface area contributed by atoms with E-state index >= 15 is 0 Å². The van der Waals surface area contributed by atoms with E-state index in [9.17, 15) is 0 Å². The second-order valence-corrected chi connectivity index (χ2v) is 7.54. The first-order chi connectivity index (χ1) is 14.4. The third-order valence-electron chi connectivity index (χ3n) is 5.79. The summed E-state index contributed by atoms with van der Waals surface area (Å²) in [5.74, 6) is 0. The fraction of sp³-hybridized carbons (Fsp3) is 0. The van der Waals surface area contributed by atoms with Crippen molar-refractivity contribution >= 4 is 54.5 Å². The summed E-state index contributed by atoms with van der Waals surface area (Å²) in [7, 11) is 0. The van der Waals surface area contributed by atoms with Crippen LogP contribution in [0, 0.1) is 0 Å². The smallest absolute Gasteiger partial charge is 0.0470 e. The molecule has 0 amide bonds. The largest absolute Gasteiger partial charge is 0.355 e. The second kappa shape index (κ2) is 6.35. The molecule has 0 heterocycles. The molecule has 0 unspecified atom stereocenters. The molecule has 0 radical (unpaired) electrons. The van der Waals surface area contributed by atoms with Crippen LogP contribution in [-0.4, -0.2) is 0 Å². The molecule has 0 aliphatic rings. The summed E-state index contributed by atoms with van der Waals surface area (Å²) in [5, 5.41) is 13.9. The number of hydrogen-bond acceptors (Lipinski definition) is 1. The van der Waals surface area contributed by atoms with Crippen LogP contribution in [0.15, 0.2) is 109 Å². The molecule has 0 atom stereocenters. The van der Waals surface area contributed by atoms with E-state index in [1.54, 1.807) is 0 Å². The van der Waals surface area contributed by atoms with Gasteiger partial charge in [0.05, 0.1) is 0 Å². The van der Waals surface area contributed by atoms with Crippen molar-refractivity contribution in [1.29, 1.82) is 0 Å². The summed E-state index contributed by atoms with van der Waals surface area (Å²) in [6.07, 6.45) is 0. The molecule has 136 valence electrons. The summed E-state index contributed by atoms with van der Waals surface area (Å²) >= 11 is 0. The molecule has 6 aromatic rings. The van der Waals surface area contributed by atoms with Gasteiger partial charge in [0, 0.05) is 16.8 Å². The Morgan fingerprint density at radius 3 is 1.83 bits per heavy atom. The molecule has 1 N–H and O–H groups in total. The van der Waals surface area contributed by atoms with E-state index < -0.39 is 0 Å². The number of anilines is 2. The predicted octanol–water partition coefficient (Wildman–Crippen LogP) is 8.04. The molecular formula is C28H19N. The summed E-state index contributed by atoms with van der Waals surface area (Å²) in [6, 6.07) is 39.1. The Morgan fingerprint density at radius 2 is 1.00 bits per heavy atom. The van der Waals surface area contributed by atoms with Gasteiger partial charge in [-0.1, -0.05) is 91.0 Å². The van der Waals surface area contributed by atoms with Crippen molar-refractivity contribution in [3.8, 4) is 0 Å². The third-order valence-corrected chi connectivity index (χ3v) is 5.79. The number of rotatable bonds is 2. The van der Waals surface area contributed by atoms with E-state index in [4.69, 9.17) is 0 Å². The van der Waals surface area contributed by atoms with E-state index in [0.717, 1.165) is 11.4 Å². The zero-order chi connectivity index (χ0) is 19.2. The zero-order valence-corrected chi connectivity index (χ0v) is 15.9. The summed E-state index contributed by atoms with van der Waals surface area (Å²) in [6.45, 7) is 0. The van der Waals surface area contributed by atoms with Crippen molar-refractivity contribution in [1.82, 2.24) is 0 Å². The Hall–Kier alpha value is -3.84. The van der Waals surface area contributed by atoms with Gasteiger partial charge in [-0.25, -0.2) is 0 Å². The second-order valence-electron chi connectivity index (χ2n) is 7.54. The van der Waals surface area contributed by atoms with Gasteiger partial charge in [0.1, 0.15) is 0 Å². The topological polar surface area (TPSA) is 12.0 Å². The van der Waals surface area contributed by atoms with Crippen LogP contribution in [0.5, 0.6) is 0 Å². The van der Waals surface area contributed by atoms with Crippen molar-refractivity contribution in [2.75, 3.05) is 5.32 Å². The average Bonchev–Trinajstić information content (AvgIpc) is 2.79. The van der Waals surface area contributed by atoms with Crippen molar-refractivity contribution in [3.05, 3.63) is 109 Å². The molecule has 6 aromatic carbocycles. The van der Waals surface area contributed by atoms with Gasteiger partial charge in [-0.2, -0.15) is 0 Å². The van der Waals surface area contributed by atoms with Crippen LogP contribution < -0.4 is 5.32 Å². The number of hydrogen-bond donors (Lipinski definition) is 1. The zero-order valence-electron chi connectivity index (χ0n) is 15.9. The lowest BCUT2D eigenvalue weighted by molar-refractivity contribution is 1.61. The molecule has 1 nitrogen and oxygen atoms in total. The summed E-state index contributed by atoms with van der Waals surface area (Å²) in [5.41, 5.74) is 2.24. The van der Waals surface area contributed by atoms with Crippen molar-refractivity contribution in [3.63, 3.8) is 0 Å². The molecule has 0 bridgehead atoms. The van der Waals surface area contributed by atoms with Crippen LogP contribution in [0.25, 0.3) is 43.1 Å². The molecule has 6 rings (SSSR count). The molecule has 0 aliphatic carbocycles. The van der Waals surface area contributed by atoms with Crippen LogP contribution in [0.2, 0.25) is 0 Å². The van der Waals surface area contributed by atoms with E-state index in [1.165, 1.54) is 43.1 Å². The highest BCUT2D eigenvalue weighted by atomic mass is 14.9. The minimum Gasteiger partial charge on any atom is -0.355 e. The van der Waals surface area contributed by atoms with Gasteiger partial charge < -0.3 is 5.32 Å². The Labute approximate surface area is 169 Å². The Kier molecular flexibility index (Phi) is 3.54. The van der Waals surface area contributed by atoms with Gasteiger partial charge in [-0.05, 0) is 55.9 Å². The van der Waals surface area contributed by atoms with Gasteiger partial charge in [0.25, 0.3) is 0 Å².